The smallest absolute Gasteiger partial charge is 0.367 e. The summed E-state index contributed by atoms with van der Waals surface area (Å²) >= 11 is 5.94. The van der Waals surface area contributed by atoms with Gasteiger partial charge in [0, 0.05) is 23.3 Å². The molecule has 1 aliphatic carbocycles. The average Bonchev–Trinajstić information content (AvgIpc) is 3.44. The minimum Gasteiger partial charge on any atom is -0.367 e. The van der Waals surface area contributed by atoms with E-state index in [9.17, 15) is 26.4 Å². The minimum atomic E-state index is -4.75. The molecule has 4 rings (SSSR count). The number of carbonyl (C=O) groups excluding carboxylic acids is 1. The van der Waals surface area contributed by atoms with E-state index >= 15 is 0 Å². The molecule has 3 aromatic rings. The van der Waals surface area contributed by atoms with Gasteiger partial charge in [-0.15, -0.1) is 0 Å². The summed E-state index contributed by atoms with van der Waals surface area (Å²) < 4.78 is 68.6. The van der Waals surface area contributed by atoms with Crippen LogP contribution >= 0.6 is 11.6 Å². The van der Waals surface area contributed by atoms with Crippen molar-refractivity contribution in [3.63, 3.8) is 0 Å². The van der Waals surface area contributed by atoms with Crippen molar-refractivity contribution in [1.82, 2.24) is 19.7 Å². The van der Waals surface area contributed by atoms with E-state index in [2.05, 4.69) is 24.6 Å². The van der Waals surface area contributed by atoms with Crippen LogP contribution < -0.4 is 10.5 Å². The zero-order valence-electron chi connectivity index (χ0n) is 19.2. The molecule has 0 spiro atoms. The maximum Gasteiger partial charge on any atom is 0.433 e. The number of nitrogens with one attached hydrogen (secondary N) is 1. The lowest BCUT2D eigenvalue weighted by Gasteiger charge is -2.15. The lowest BCUT2D eigenvalue weighted by Crippen LogP contribution is -2.22. The number of hydrogen-bond acceptors (Lipinski definition) is 8. The Morgan fingerprint density at radius 1 is 1.27 bits per heavy atom. The topological polar surface area (TPSA) is 142 Å². The zero-order chi connectivity index (χ0) is 26.8. The summed E-state index contributed by atoms with van der Waals surface area (Å²) in [5, 5.41) is 12.3. The van der Waals surface area contributed by atoms with E-state index in [1.165, 1.54) is 18.6 Å². The average molecular weight is 559 g/mol. The number of carbonyl (C=O) groups is 1. The van der Waals surface area contributed by atoms with Crippen LogP contribution in [0.15, 0.2) is 42.9 Å². The molecule has 2 aromatic heterocycles. The summed E-state index contributed by atoms with van der Waals surface area (Å²) in [6.45, 7) is -0.319. The number of hydrogen-bond donors (Lipinski definition) is 2. The molecule has 0 radical (unpaired) electrons. The fourth-order valence-corrected chi connectivity index (χ4v) is 4.77. The van der Waals surface area contributed by atoms with Crippen LogP contribution in [-0.2, 0) is 27.2 Å². The molecule has 1 fully saturated rings. The molecule has 1 aromatic carbocycles. The second-order valence-electron chi connectivity index (χ2n) is 8.61. The highest BCUT2D eigenvalue weighted by Gasteiger charge is 2.37. The van der Waals surface area contributed by atoms with Crippen LogP contribution in [0.3, 0.4) is 0 Å². The molecule has 2 atom stereocenters. The van der Waals surface area contributed by atoms with Gasteiger partial charge in [0.05, 0.1) is 18.7 Å². The van der Waals surface area contributed by atoms with Gasteiger partial charge in [0.2, 0.25) is 5.78 Å². The van der Waals surface area contributed by atoms with Gasteiger partial charge in [-0.2, -0.15) is 26.7 Å². The van der Waals surface area contributed by atoms with E-state index in [1.54, 1.807) is 18.2 Å². The predicted molar refractivity (Wildman–Crippen MR) is 127 cm³/mol. The lowest BCUT2D eigenvalue weighted by molar-refractivity contribution is -0.144. The molecular formula is C22H22ClF3N6O4S. The van der Waals surface area contributed by atoms with Crippen molar-refractivity contribution in [3.8, 4) is 0 Å². The molecule has 0 amide bonds. The highest BCUT2D eigenvalue weighted by Crippen LogP contribution is 2.32. The number of benzene rings is 1. The molecule has 1 aliphatic rings. The van der Waals surface area contributed by atoms with Crippen LogP contribution in [0, 0.1) is 5.92 Å². The minimum absolute atomic E-state index is 0.0483. The van der Waals surface area contributed by atoms with Crippen molar-refractivity contribution in [2.45, 2.75) is 38.0 Å². The normalized spacial score (nSPS) is 18.2. The van der Waals surface area contributed by atoms with Gasteiger partial charge >= 0.3 is 16.5 Å². The Kier molecular flexibility index (Phi) is 7.83. The van der Waals surface area contributed by atoms with Crippen molar-refractivity contribution in [2.24, 2.45) is 11.1 Å². The maximum absolute atomic E-state index is 13.7. The molecule has 0 unspecified atom stereocenters. The van der Waals surface area contributed by atoms with Crippen LogP contribution in [0.2, 0.25) is 5.02 Å². The molecule has 1 saturated carbocycles. The monoisotopic (exact) mass is 558 g/mol. The van der Waals surface area contributed by atoms with E-state index in [-0.39, 0.29) is 36.5 Å². The molecule has 10 nitrogen and oxygen atoms in total. The number of alkyl halides is 3. The number of anilines is 1. The summed E-state index contributed by atoms with van der Waals surface area (Å²) in [7, 11) is -4.05. The van der Waals surface area contributed by atoms with Gasteiger partial charge in [0.15, 0.2) is 0 Å². The van der Waals surface area contributed by atoms with Gasteiger partial charge in [-0.05, 0) is 42.9 Å². The molecule has 198 valence electrons. The number of nitrogens with two attached hydrogens (primary N) is 1. The quantitative estimate of drug-likeness (QED) is 0.380. The highest BCUT2D eigenvalue weighted by atomic mass is 35.5. The van der Waals surface area contributed by atoms with Crippen molar-refractivity contribution >= 4 is 33.5 Å². The Bertz CT molecular complexity index is 1400. The van der Waals surface area contributed by atoms with Gasteiger partial charge < -0.3 is 5.32 Å². The van der Waals surface area contributed by atoms with Crippen LogP contribution in [-0.4, -0.2) is 46.6 Å². The molecule has 2 heterocycles. The summed E-state index contributed by atoms with van der Waals surface area (Å²) in [6, 6.07) is 6.83. The lowest BCUT2D eigenvalue weighted by atomic mass is 10.1. The van der Waals surface area contributed by atoms with Gasteiger partial charge in [-0.1, -0.05) is 23.7 Å². The summed E-state index contributed by atoms with van der Waals surface area (Å²) in [4.78, 5) is 21.2. The third kappa shape index (κ3) is 7.03. The molecule has 15 heteroatoms. The van der Waals surface area contributed by atoms with Gasteiger partial charge in [-0.25, -0.2) is 15.1 Å². The van der Waals surface area contributed by atoms with Crippen LogP contribution in [0.5, 0.6) is 0 Å². The van der Waals surface area contributed by atoms with Crippen molar-refractivity contribution in [1.29, 1.82) is 0 Å². The number of ketones is 1. The first-order valence-electron chi connectivity index (χ1n) is 11.1. The number of rotatable bonds is 9. The van der Waals surface area contributed by atoms with Gasteiger partial charge in [0.25, 0.3) is 0 Å². The van der Waals surface area contributed by atoms with E-state index in [4.69, 9.17) is 16.7 Å². The van der Waals surface area contributed by atoms with E-state index in [1.807, 2.05) is 0 Å². The third-order valence-corrected chi connectivity index (χ3v) is 6.53. The number of aromatic nitrogens is 4. The Hall–Kier alpha value is -3.07. The fraction of sp³-hybridized carbons (Fsp3) is 0.364. The first-order valence-corrected chi connectivity index (χ1v) is 12.9. The zero-order valence-corrected chi connectivity index (χ0v) is 20.7. The Balaban J connectivity index is 1.54. The molecular weight excluding hydrogens is 537 g/mol. The molecule has 37 heavy (non-hydrogen) atoms. The summed E-state index contributed by atoms with van der Waals surface area (Å²) in [5.41, 5.74) is -1.07. The van der Waals surface area contributed by atoms with Gasteiger partial charge in [0.1, 0.15) is 23.5 Å². The first kappa shape index (κ1) is 27.0. The van der Waals surface area contributed by atoms with Gasteiger partial charge in [-0.3, -0.25) is 13.7 Å². The molecule has 0 bridgehead atoms. The standard InChI is InChI=1S/C22H22ClF3N6O4S/c23-15-3-1-2-13(6-15)10-32-19(22(24,25)26)8-18(31-32)20(33)17-9-28-12-29-21(17)30-16-5-4-14(7-16)11-36-37(27,34)35/h1-3,6,8-9,12,14,16H,4-5,7,10-11H2,(H2,27,34,35)(H,28,29,30)/t14-,16+/m1/s1. The SMILES string of the molecule is NS(=O)(=O)OC[C@@H]1CC[C@H](Nc2ncncc2C(=O)c2cc(C(F)(F)F)n(Cc3cccc(Cl)c3)n2)C1. The fourth-order valence-electron chi connectivity index (χ4n) is 4.18. The first-order chi connectivity index (χ1) is 17.4. The van der Waals surface area contributed by atoms with E-state index < -0.39 is 33.7 Å². The number of nitrogens with zero attached hydrogens (tertiary/aromatic N) is 4. The highest BCUT2D eigenvalue weighted by molar-refractivity contribution is 7.84. The van der Waals surface area contributed by atoms with Crippen LogP contribution in [0.4, 0.5) is 19.0 Å². The number of halogens is 4. The summed E-state index contributed by atoms with van der Waals surface area (Å²) in [6.07, 6.45) is -0.560. The second kappa shape index (κ2) is 10.7. The molecule has 0 saturated heterocycles. The largest absolute Gasteiger partial charge is 0.433 e. The molecule has 3 N–H and O–H groups in total. The molecule has 0 aliphatic heterocycles. The van der Waals surface area contributed by atoms with Crippen molar-refractivity contribution < 1.29 is 30.6 Å². The maximum atomic E-state index is 13.7. The van der Waals surface area contributed by atoms with E-state index in [0.717, 1.165) is 0 Å². The van der Waals surface area contributed by atoms with Crippen molar-refractivity contribution in [3.05, 3.63) is 70.4 Å². The summed E-state index contributed by atoms with van der Waals surface area (Å²) in [5.74, 6) is -0.741. The Morgan fingerprint density at radius 2 is 2.05 bits per heavy atom. The Labute approximate surface area is 215 Å². The Morgan fingerprint density at radius 3 is 2.76 bits per heavy atom. The third-order valence-electron chi connectivity index (χ3n) is 5.83. The van der Waals surface area contributed by atoms with Crippen LogP contribution in [0.1, 0.15) is 46.6 Å². The van der Waals surface area contributed by atoms with Crippen molar-refractivity contribution in [2.75, 3.05) is 11.9 Å². The van der Waals surface area contributed by atoms with E-state index in [0.29, 0.717) is 40.6 Å². The van der Waals surface area contributed by atoms with Crippen LogP contribution in [0.25, 0.3) is 0 Å². The predicted octanol–water partition coefficient (Wildman–Crippen LogP) is 3.43. The second-order valence-corrected chi connectivity index (χ2v) is 10.3.